The number of halogens is 3. The fourth-order valence-electron chi connectivity index (χ4n) is 2.10. The Kier molecular flexibility index (Phi) is 4.17. The third-order valence-corrected chi connectivity index (χ3v) is 3.03. The second-order valence-electron chi connectivity index (χ2n) is 4.70. The van der Waals surface area contributed by atoms with Crippen LogP contribution in [-0.4, -0.2) is 30.2 Å². The number of rotatable bonds is 4. The summed E-state index contributed by atoms with van der Waals surface area (Å²) in [6.45, 7) is -0.642. The van der Waals surface area contributed by atoms with Crippen LogP contribution in [0.2, 0.25) is 0 Å². The lowest BCUT2D eigenvalue weighted by atomic mass is 10.1. The minimum absolute atomic E-state index is 0.0560. The van der Waals surface area contributed by atoms with Crippen LogP contribution in [0.15, 0.2) is 18.2 Å². The quantitative estimate of drug-likeness (QED) is 0.681. The van der Waals surface area contributed by atoms with Crippen LogP contribution in [-0.2, 0) is 22.6 Å². The van der Waals surface area contributed by atoms with Gasteiger partial charge in [-0.25, -0.2) is 0 Å². The van der Waals surface area contributed by atoms with Gasteiger partial charge in [0.2, 0.25) is 5.91 Å². The second kappa shape index (κ2) is 5.70. The molecule has 0 radical (unpaired) electrons. The molecule has 20 heavy (non-hydrogen) atoms. The van der Waals surface area contributed by atoms with Crippen LogP contribution in [0.4, 0.5) is 18.9 Å². The van der Waals surface area contributed by atoms with Gasteiger partial charge in [0.15, 0.2) is 0 Å². The van der Waals surface area contributed by atoms with Gasteiger partial charge >= 0.3 is 6.18 Å². The minimum Gasteiger partial charge on any atom is -0.399 e. The number of hydrogen-bond donors (Lipinski definition) is 1. The SMILES string of the molecule is Nc1ccc2c(c1)CN(C(=O)CCOCC(F)(F)F)C2. The van der Waals surface area contributed by atoms with Crippen molar-refractivity contribution in [3.8, 4) is 0 Å². The summed E-state index contributed by atoms with van der Waals surface area (Å²) in [6, 6.07) is 5.43. The fraction of sp³-hybridized carbons (Fsp3) is 0.462. The standard InChI is InChI=1S/C13H15F3N2O2/c14-13(15,16)8-20-4-3-12(19)18-6-9-1-2-11(17)5-10(9)7-18/h1-2,5H,3-4,6-8,17H2. The van der Waals surface area contributed by atoms with Gasteiger partial charge in [-0.3, -0.25) is 4.79 Å². The molecular weight excluding hydrogens is 273 g/mol. The van der Waals surface area contributed by atoms with Crippen molar-refractivity contribution >= 4 is 11.6 Å². The van der Waals surface area contributed by atoms with Crippen LogP contribution < -0.4 is 5.73 Å². The number of anilines is 1. The van der Waals surface area contributed by atoms with Crippen LogP contribution in [0, 0.1) is 0 Å². The van der Waals surface area contributed by atoms with Gasteiger partial charge in [0.25, 0.3) is 0 Å². The fourth-order valence-corrected chi connectivity index (χ4v) is 2.10. The number of benzene rings is 1. The number of ether oxygens (including phenoxy) is 1. The average molecular weight is 288 g/mol. The van der Waals surface area contributed by atoms with Gasteiger partial charge in [0, 0.05) is 18.8 Å². The molecule has 1 aromatic carbocycles. The van der Waals surface area contributed by atoms with Crippen molar-refractivity contribution < 1.29 is 22.7 Å². The summed E-state index contributed by atoms with van der Waals surface area (Å²) < 4.78 is 40.0. The maximum Gasteiger partial charge on any atom is 0.411 e. The Morgan fingerprint density at radius 3 is 2.70 bits per heavy atom. The predicted octanol–water partition coefficient (Wildman–Crippen LogP) is 2.08. The number of alkyl halides is 3. The normalized spacial score (nSPS) is 14.4. The molecule has 110 valence electrons. The largest absolute Gasteiger partial charge is 0.411 e. The van der Waals surface area contributed by atoms with E-state index in [9.17, 15) is 18.0 Å². The average Bonchev–Trinajstić information content (AvgIpc) is 2.76. The Balaban J connectivity index is 1.78. The Labute approximate surface area is 114 Å². The van der Waals surface area contributed by atoms with Crippen molar-refractivity contribution in [2.45, 2.75) is 25.7 Å². The van der Waals surface area contributed by atoms with Crippen molar-refractivity contribution in [1.29, 1.82) is 0 Å². The Morgan fingerprint density at radius 1 is 1.30 bits per heavy atom. The third kappa shape index (κ3) is 3.86. The van der Waals surface area contributed by atoms with Gasteiger partial charge in [-0.15, -0.1) is 0 Å². The number of nitrogens with zero attached hydrogens (tertiary/aromatic N) is 1. The number of carbonyl (C=O) groups is 1. The molecule has 4 nitrogen and oxygen atoms in total. The molecule has 0 unspecified atom stereocenters. The van der Waals surface area contributed by atoms with Crippen LogP contribution in [0.3, 0.4) is 0 Å². The maximum absolute atomic E-state index is 11.9. The lowest BCUT2D eigenvalue weighted by molar-refractivity contribution is -0.175. The van der Waals surface area contributed by atoms with Gasteiger partial charge < -0.3 is 15.4 Å². The first-order chi connectivity index (χ1) is 9.35. The van der Waals surface area contributed by atoms with Crippen LogP contribution in [0.1, 0.15) is 17.5 Å². The first kappa shape index (κ1) is 14.6. The number of amides is 1. The van der Waals surface area contributed by atoms with Crippen molar-refractivity contribution in [1.82, 2.24) is 4.90 Å². The lowest BCUT2D eigenvalue weighted by Gasteiger charge is -2.15. The van der Waals surface area contributed by atoms with Gasteiger partial charge in [0.1, 0.15) is 6.61 Å². The molecule has 2 N–H and O–H groups in total. The highest BCUT2D eigenvalue weighted by Gasteiger charge is 2.28. The highest BCUT2D eigenvalue weighted by molar-refractivity contribution is 5.77. The summed E-state index contributed by atoms with van der Waals surface area (Å²) in [5.41, 5.74) is 8.29. The first-order valence-corrected chi connectivity index (χ1v) is 6.15. The van der Waals surface area contributed by atoms with Crippen LogP contribution in [0.5, 0.6) is 0 Å². The van der Waals surface area contributed by atoms with Gasteiger partial charge in [-0.2, -0.15) is 13.2 Å². The van der Waals surface area contributed by atoms with Crippen molar-refractivity contribution in [2.75, 3.05) is 18.9 Å². The molecule has 0 aliphatic carbocycles. The van der Waals surface area contributed by atoms with E-state index in [1.165, 1.54) is 0 Å². The zero-order valence-corrected chi connectivity index (χ0v) is 10.7. The summed E-state index contributed by atoms with van der Waals surface area (Å²) in [7, 11) is 0. The molecule has 0 aromatic heterocycles. The highest BCUT2D eigenvalue weighted by Crippen LogP contribution is 2.25. The molecule has 0 saturated carbocycles. The number of nitrogen functional groups attached to an aromatic ring is 1. The molecule has 0 atom stereocenters. The van der Waals surface area contributed by atoms with E-state index in [0.717, 1.165) is 11.1 Å². The monoisotopic (exact) mass is 288 g/mol. The lowest BCUT2D eigenvalue weighted by Crippen LogP contribution is -2.27. The topological polar surface area (TPSA) is 55.6 Å². The molecule has 2 rings (SSSR count). The zero-order chi connectivity index (χ0) is 14.8. The molecule has 1 amide bonds. The van der Waals surface area contributed by atoms with E-state index < -0.39 is 12.8 Å². The van der Waals surface area contributed by atoms with E-state index in [-0.39, 0.29) is 18.9 Å². The summed E-state index contributed by atoms with van der Waals surface area (Å²) in [5.74, 6) is -0.220. The Morgan fingerprint density at radius 2 is 2.00 bits per heavy atom. The molecule has 1 aliphatic rings. The maximum atomic E-state index is 11.9. The zero-order valence-electron chi connectivity index (χ0n) is 10.7. The molecule has 0 fully saturated rings. The highest BCUT2D eigenvalue weighted by atomic mass is 19.4. The summed E-state index contributed by atoms with van der Waals surface area (Å²) >= 11 is 0. The molecule has 0 saturated heterocycles. The number of hydrogen-bond acceptors (Lipinski definition) is 3. The van der Waals surface area contributed by atoms with E-state index in [1.54, 1.807) is 11.0 Å². The van der Waals surface area contributed by atoms with E-state index in [1.807, 2.05) is 12.1 Å². The molecule has 7 heteroatoms. The van der Waals surface area contributed by atoms with E-state index in [4.69, 9.17) is 5.73 Å². The Hall–Kier alpha value is -1.76. The van der Waals surface area contributed by atoms with E-state index in [2.05, 4.69) is 4.74 Å². The van der Waals surface area contributed by atoms with Gasteiger partial charge in [-0.05, 0) is 23.3 Å². The van der Waals surface area contributed by atoms with Crippen molar-refractivity contribution in [3.05, 3.63) is 29.3 Å². The third-order valence-electron chi connectivity index (χ3n) is 3.03. The Bertz CT molecular complexity index is 503. The van der Waals surface area contributed by atoms with Crippen LogP contribution >= 0.6 is 0 Å². The number of fused-ring (bicyclic) bond motifs is 1. The second-order valence-corrected chi connectivity index (χ2v) is 4.70. The number of nitrogens with two attached hydrogens (primary N) is 1. The summed E-state index contributed by atoms with van der Waals surface area (Å²) in [4.78, 5) is 13.4. The van der Waals surface area contributed by atoms with Gasteiger partial charge in [-0.1, -0.05) is 6.07 Å². The summed E-state index contributed by atoms with van der Waals surface area (Å²) in [6.07, 6.45) is -4.41. The predicted molar refractivity (Wildman–Crippen MR) is 66.6 cm³/mol. The smallest absolute Gasteiger partial charge is 0.399 e. The van der Waals surface area contributed by atoms with E-state index >= 15 is 0 Å². The van der Waals surface area contributed by atoms with Crippen molar-refractivity contribution in [3.63, 3.8) is 0 Å². The molecule has 0 spiro atoms. The minimum atomic E-state index is -4.36. The molecule has 1 aromatic rings. The van der Waals surface area contributed by atoms with Crippen molar-refractivity contribution in [2.24, 2.45) is 0 Å². The molecule has 1 aliphatic heterocycles. The number of carbonyl (C=O) groups excluding carboxylic acids is 1. The molecular formula is C13H15F3N2O2. The van der Waals surface area contributed by atoms with E-state index in [0.29, 0.717) is 18.8 Å². The van der Waals surface area contributed by atoms with Crippen LogP contribution in [0.25, 0.3) is 0 Å². The summed E-state index contributed by atoms with van der Waals surface area (Å²) in [5, 5.41) is 0. The van der Waals surface area contributed by atoms with Gasteiger partial charge in [0.05, 0.1) is 13.0 Å². The molecule has 1 heterocycles. The first-order valence-electron chi connectivity index (χ1n) is 6.15. The molecule has 0 bridgehead atoms.